The van der Waals surface area contributed by atoms with Gasteiger partial charge >= 0.3 is 0 Å². The molecule has 2 N–H and O–H groups in total. The third-order valence-corrected chi connectivity index (χ3v) is 4.33. The summed E-state index contributed by atoms with van der Waals surface area (Å²) in [6, 6.07) is 2.26. The van der Waals surface area contributed by atoms with Crippen molar-refractivity contribution in [2.45, 2.75) is 44.9 Å². The lowest BCUT2D eigenvalue weighted by atomic mass is 9.75. The largest absolute Gasteiger partial charge is 0.466 e. The number of rotatable bonds is 2. The van der Waals surface area contributed by atoms with E-state index in [2.05, 4.69) is 13.0 Å². The molecule has 1 aromatic heterocycles. The summed E-state index contributed by atoms with van der Waals surface area (Å²) in [4.78, 5) is 0. The van der Waals surface area contributed by atoms with E-state index < -0.39 is 0 Å². The lowest BCUT2D eigenvalue weighted by Gasteiger charge is -2.30. The predicted molar refractivity (Wildman–Crippen MR) is 59.9 cm³/mol. The molecule has 2 heteroatoms. The van der Waals surface area contributed by atoms with E-state index >= 15 is 0 Å². The molecule has 2 nitrogen and oxygen atoms in total. The topological polar surface area (TPSA) is 39.2 Å². The summed E-state index contributed by atoms with van der Waals surface area (Å²) >= 11 is 0. The Bertz CT molecular complexity index is 376. The Morgan fingerprint density at radius 1 is 1.47 bits per heavy atom. The van der Waals surface area contributed by atoms with E-state index in [9.17, 15) is 0 Å². The Morgan fingerprint density at radius 3 is 2.87 bits per heavy atom. The molecule has 15 heavy (non-hydrogen) atoms. The summed E-state index contributed by atoms with van der Waals surface area (Å²) in [7, 11) is 0. The standard InChI is InChI=1S/C13H19NO/c1-2-9-7-10-11(8-14)13(5-6-13)4-3-12(10)15-9/h7,11H,2-6,8,14H2,1H3. The van der Waals surface area contributed by atoms with Crippen LogP contribution in [0.15, 0.2) is 10.5 Å². The van der Waals surface area contributed by atoms with Gasteiger partial charge in [0.25, 0.3) is 0 Å². The van der Waals surface area contributed by atoms with Crippen LogP contribution in [0.2, 0.25) is 0 Å². The van der Waals surface area contributed by atoms with Crippen LogP contribution in [0.4, 0.5) is 0 Å². The van der Waals surface area contributed by atoms with Gasteiger partial charge in [0.15, 0.2) is 0 Å². The Labute approximate surface area is 90.8 Å². The monoisotopic (exact) mass is 205 g/mol. The summed E-state index contributed by atoms with van der Waals surface area (Å²) in [5.41, 5.74) is 7.94. The zero-order chi connectivity index (χ0) is 10.5. The van der Waals surface area contributed by atoms with Crippen molar-refractivity contribution >= 4 is 0 Å². The third kappa shape index (κ3) is 1.27. The van der Waals surface area contributed by atoms with Crippen LogP contribution in [0.5, 0.6) is 0 Å². The third-order valence-electron chi connectivity index (χ3n) is 4.33. The second-order valence-corrected chi connectivity index (χ2v) is 5.10. The van der Waals surface area contributed by atoms with E-state index in [1.807, 2.05) is 0 Å². The minimum absolute atomic E-state index is 0.566. The first kappa shape index (κ1) is 9.46. The zero-order valence-electron chi connectivity index (χ0n) is 9.38. The van der Waals surface area contributed by atoms with Gasteiger partial charge in [-0.15, -0.1) is 0 Å². The van der Waals surface area contributed by atoms with Crippen molar-refractivity contribution < 1.29 is 4.42 Å². The first-order chi connectivity index (χ1) is 7.29. The average molecular weight is 205 g/mol. The Balaban J connectivity index is 2.01. The lowest BCUT2D eigenvalue weighted by Crippen LogP contribution is -2.27. The van der Waals surface area contributed by atoms with Gasteiger partial charge in [-0.1, -0.05) is 6.92 Å². The van der Waals surface area contributed by atoms with E-state index in [-0.39, 0.29) is 0 Å². The first-order valence-electron chi connectivity index (χ1n) is 6.10. The molecule has 0 radical (unpaired) electrons. The number of hydrogen-bond acceptors (Lipinski definition) is 2. The van der Waals surface area contributed by atoms with Crippen molar-refractivity contribution in [2.24, 2.45) is 11.1 Å². The zero-order valence-corrected chi connectivity index (χ0v) is 9.38. The Kier molecular flexibility index (Phi) is 1.96. The lowest BCUT2D eigenvalue weighted by molar-refractivity contribution is 0.322. The molecule has 1 spiro atoms. The summed E-state index contributed by atoms with van der Waals surface area (Å²) < 4.78 is 5.85. The van der Waals surface area contributed by atoms with Crippen LogP contribution in [0.25, 0.3) is 0 Å². The van der Waals surface area contributed by atoms with Gasteiger partial charge in [-0.25, -0.2) is 0 Å². The molecule has 0 saturated heterocycles. The quantitative estimate of drug-likeness (QED) is 0.806. The van der Waals surface area contributed by atoms with Crippen molar-refractivity contribution in [3.8, 4) is 0 Å². The highest BCUT2D eigenvalue weighted by molar-refractivity contribution is 5.34. The first-order valence-corrected chi connectivity index (χ1v) is 6.10. The fraction of sp³-hybridized carbons (Fsp3) is 0.692. The van der Waals surface area contributed by atoms with Crippen LogP contribution in [0.1, 0.15) is 49.2 Å². The fourth-order valence-corrected chi connectivity index (χ4v) is 3.17. The maximum Gasteiger partial charge on any atom is 0.107 e. The van der Waals surface area contributed by atoms with Crippen molar-refractivity contribution in [2.75, 3.05) is 6.54 Å². The molecule has 0 aromatic carbocycles. The second-order valence-electron chi connectivity index (χ2n) is 5.10. The molecule has 1 unspecified atom stereocenters. The van der Waals surface area contributed by atoms with E-state index in [0.717, 1.165) is 25.1 Å². The maximum absolute atomic E-state index is 5.94. The van der Waals surface area contributed by atoms with E-state index in [4.69, 9.17) is 10.2 Å². The fourth-order valence-electron chi connectivity index (χ4n) is 3.17. The Morgan fingerprint density at radius 2 is 2.27 bits per heavy atom. The van der Waals surface area contributed by atoms with Crippen LogP contribution in [-0.2, 0) is 12.8 Å². The second kappa shape index (κ2) is 3.11. The number of fused-ring (bicyclic) bond motifs is 1. The normalized spacial score (nSPS) is 26.7. The van der Waals surface area contributed by atoms with Gasteiger partial charge in [0, 0.05) is 18.8 Å². The summed E-state index contributed by atoms with van der Waals surface area (Å²) in [5, 5.41) is 0. The van der Waals surface area contributed by atoms with Crippen LogP contribution in [0.3, 0.4) is 0 Å². The highest BCUT2D eigenvalue weighted by Crippen LogP contribution is 2.61. The van der Waals surface area contributed by atoms with Crippen LogP contribution >= 0.6 is 0 Å². The highest BCUT2D eigenvalue weighted by atomic mass is 16.3. The molecule has 1 heterocycles. The summed E-state index contributed by atoms with van der Waals surface area (Å²) in [6.45, 7) is 2.93. The number of nitrogens with two attached hydrogens (primary N) is 1. The summed E-state index contributed by atoms with van der Waals surface area (Å²) in [5.74, 6) is 2.93. The molecule has 1 atom stereocenters. The molecule has 3 rings (SSSR count). The van der Waals surface area contributed by atoms with Crippen molar-refractivity contribution in [1.29, 1.82) is 0 Å². The van der Waals surface area contributed by atoms with Gasteiger partial charge in [0.05, 0.1) is 0 Å². The van der Waals surface area contributed by atoms with Gasteiger partial charge < -0.3 is 10.2 Å². The molecule has 0 aliphatic heterocycles. The molecular weight excluding hydrogens is 186 g/mol. The maximum atomic E-state index is 5.94. The average Bonchev–Trinajstić information content (AvgIpc) is 2.90. The summed E-state index contributed by atoms with van der Waals surface area (Å²) in [6.07, 6.45) is 6.17. The molecule has 1 saturated carbocycles. The van der Waals surface area contributed by atoms with E-state index in [0.29, 0.717) is 11.3 Å². The van der Waals surface area contributed by atoms with Gasteiger partial charge in [0.1, 0.15) is 11.5 Å². The SMILES string of the molecule is CCc1cc2c(o1)CCC1(CC1)C2CN. The smallest absolute Gasteiger partial charge is 0.107 e. The van der Waals surface area contributed by atoms with Crippen molar-refractivity contribution in [1.82, 2.24) is 0 Å². The minimum atomic E-state index is 0.566. The number of aryl methyl sites for hydroxylation is 2. The van der Waals surface area contributed by atoms with Crippen LogP contribution < -0.4 is 5.73 Å². The molecule has 82 valence electrons. The van der Waals surface area contributed by atoms with Crippen LogP contribution in [0, 0.1) is 5.41 Å². The number of furan rings is 1. The molecule has 1 fully saturated rings. The Hall–Kier alpha value is -0.760. The molecule has 0 amide bonds. The van der Waals surface area contributed by atoms with Crippen molar-refractivity contribution in [3.63, 3.8) is 0 Å². The van der Waals surface area contributed by atoms with Gasteiger partial charge in [-0.05, 0) is 42.9 Å². The van der Waals surface area contributed by atoms with E-state index in [1.165, 1.54) is 30.6 Å². The van der Waals surface area contributed by atoms with Gasteiger partial charge in [-0.3, -0.25) is 0 Å². The predicted octanol–water partition coefficient (Wildman–Crippen LogP) is 2.61. The minimum Gasteiger partial charge on any atom is -0.466 e. The van der Waals surface area contributed by atoms with Crippen LogP contribution in [-0.4, -0.2) is 6.54 Å². The van der Waals surface area contributed by atoms with E-state index in [1.54, 1.807) is 0 Å². The van der Waals surface area contributed by atoms with Gasteiger partial charge in [0.2, 0.25) is 0 Å². The molecule has 1 aromatic rings. The molecule has 2 aliphatic carbocycles. The molecule has 0 bridgehead atoms. The highest BCUT2D eigenvalue weighted by Gasteiger charge is 2.52. The molecule has 2 aliphatic rings. The number of hydrogen-bond donors (Lipinski definition) is 1. The van der Waals surface area contributed by atoms with Crippen molar-refractivity contribution in [3.05, 3.63) is 23.2 Å². The molecular formula is C13H19NO. The van der Waals surface area contributed by atoms with Gasteiger partial charge in [-0.2, -0.15) is 0 Å².